The third-order valence-corrected chi connectivity index (χ3v) is 2.84. The number of aryl methyl sites for hydroxylation is 1. The molecule has 0 atom stereocenters. The number of aromatic amines is 1. The molecule has 1 amide bonds. The number of benzene rings is 1. The summed E-state index contributed by atoms with van der Waals surface area (Å²) < 4.78 is 0. The van der Waals surface area contributed by atoms with Crippen LogP contribution in [-0.4, -0.2) is 16.7 Å². The van der Waals surface area contributed by atoms with Gasteiger partial charge in [-0.2, -0.15) is 0 Å². The van der Waals surface area contributed by atoms with Crippen molar-refractivity contribution in [3.05, 3.63) is 52.3 Å². The maximum absolute atomic E-state index is 12.3. The van der Waals surface area contributed by atoms with Gasteiger partial charge in [-0.15, -0.1) is 0 Å². The predicted molar refractivity (Wildman–Crippen MR) is 74.7 cm³/mol. The molecule has 5 heteroatoms. The predicted octanol–water partition coefficient (Wildman–Crippen LogP) is 3.17. The van der Waals surface area contributed by atoms with Gasteiger partial charge in [0.15, 0.2) is 0 Å². The number of halogens is 1. The van der Waals surface area contributed by atoms with Gasteiger partial charge in [-0.25, -0.2) is 0 Å². The summed E-state index contributed by atoms with van der Waals surface area (Å²) >= 11 is 5.88. The molecule has 0 unspecified atom stereocenters. The van der Waals surface area contributed by atoms with Gasteiger partial charge in [0.25, 0.3) is 0 Å². The van der Waals surface area contributed by atoms with Gasteiger partial charge in [0.2, 0.25) is 11.7 Å². The minimum atomic E-state index is -0.251. The van der Waals surface area contributed by atoms with Gasteiger partial charge in [-0.3, -0.25) is 9.59 Å². The average Bonchev–Trinajstić information content (AvgIpc) is 2.74. The monoisotopic (exact) mass is 276 g/mol. The van der Waals surface area contributed by atoms with E-state index in [4.69, 9.17) is 11.6 Å². The van der Waals surface area contributed by atoms with Crippen LogP contribution in [-0.2, 0) is 4.79 Å². The van der Waals surface area contributed by atoms with Gasteiger partial charge in [0, 0.05) is 23.7 Å². The SMILES string of the molecule is CC(=O)Nc1cc(Cl)ccc1C(=O)c1cc(C)c[nH]1. The smallest absolute Gasteiger partial charge is 0.221 e. The molecule has 4 nitrogen and oxygen atoms in total. The molecule has 0 aliphatic carbocycles. The highest BCUT2D eigenvalue weighted by Crippen LogP contribution is 2.23. The van der Waals surface area contributed by atoms with Crippen LogP contribution < -0.4 is 5.32 Å². The van der Waals surface area contributed by atoms with Gasteiger partial charge < -0.3 is 10.3 Å². The lowest BCUT2D eigenvalue weighted by Gasteiger charge is -2.08. The Hall–Kier alpha value is -2.07. The number of H-pyrrole nitrogens is 1. The summed E-state index contributed by atoms with van der Waals surface area (Å²) in [7, 11) is 0. The molecule has 0 saturated carbocycles. The van der Waals surface area contributed by atoms with E-state index in [0.29, 0.717) is 22.0 Å². The van der Waals surface area contributed by atoms with Crippen LogP contribution >= 0.6 is 11.6 Å². The van der Waals surface area contributed by atoms with Gasteiger partial charge in [-0.1, -0.05) is 11.6 Å². The number of hydrogen-bond donors (Lipinski definition) is 2. The summed E-state index contributed by atoms with van der Waals surface area (Å²) in [6.45, 7) is 3.28. The zero-order valence-corrected chi connectivity index (χ0v) is 11.3. The van der Waals surface area contributed by atoms with Crippen molar-refractivity contribution >= 4 is 29.0 Å². The molecule has 1 aromatic heterocycles. The number of amides is 1. The molecule has 1 aromatic carbocycles. The first-order valence-corrected chi connectivity index (χ1v) is 6.12. The summed E-state index contributed by atoms with van der Waals surface area (Å²) in [5.41, 5.74) is 2.27. The number of rotatable bonds is 3. The zero-order chi connectivity index (χ0) is 14.0. The molecule has 2 aromatic rings. The van der Waals surface area contributed by atoms with E-state index in [1.165, 1.54) is 6.92 Å². The number of aromatic nitrogens is 1. The van der Waals surface area contributed by atoms with Gasteiger partial charge in [-0.05, 0) is 36.8 Å². The number of anilines is 1. The Kier molecular flexibility index (Phi) is 3.71. The van der Waals surface area contributed by atoms with Crippen LogP contribution in [0.15, 0.2) is 30.5 Å². The van der Waals surface area contributed by atoms with E-state index in [9.17, 15) is 9.59 Å². The number of hydrogen-bond acceptors (Lipinski definition) is 2. The lowest BCUT2D eigenvalue weighted by atomic mass is 10.1. The Labute approximate surface area is 115 Å². The standard InChI is InChI=1S/C14H13ClN2O2/c1-8-5-13(16-7-8)14(19)11-4-3-10(15)6-12(11)17-9(2)18/h3-7,16H,1-2H3,(H,17,18). The minimum Gasteiger partial charge on any atom is -0.358 e. The Balaban J connectivity index is 2.43. The molecule has 0 aliphatic heterocycles. The highest BCUT2D eigenvalue weighted by Gasteiger charge is 2.16. The molecule has 0 radical (unpaired) electrons. The molecule has 0 spiro atoms. The van der Waals surface area contributed by atoms with E-state index in [-0.39, 0.29) is 11.7 Å². The fraction of sp³-hybridized carbons (Fsp3) is 0.143. The maximum atomic E-state index is 12.3. The first-order valence-electron chi connectivity index (χ1n) is 5.74. The van der Waals surface area contributed by atoms with E-state index in [1.54, 1.807) is 30.5 Å². The molecule has 98 valence electrons. The third-order valence-electron chi connectivity index (χ3n) is 2.61. The topological polar surface area (TPSA) is 62.0 Å². The second-order valence-electron chi connectivity index (χ2n) is 4.29. The van der Waals surface area contributed by atoms with Crippen LogP contribution in [0.4, 0.5) is 5.69 Å². The average molecular weight is 277 g/mol. The molecule has 2 N–H and O–H groups in total. The first-order chi connectivity index (χ1) is 8.97. The lowest BCUT2D eigenvalue weighted by Crippen LogP contribution is -2.12. The molecule has 0 saturated heterocycles. The van der Waals surface area contributed by atoms with Crippen LogP contribution in [0.3, 0.4) is 0 Å². The quantitative estimate of drug-likeness (QED) is 0.846. The Bertz CT molecular complexity index is 647. The second kappa shape index (κ2) is 5.28. The maximum Gasteiger partial charge on any atom is 0.221 e. The van der Waals surface area contributed by atoms with Crippen LogP contribution in [0.25, 0.3) is 0 Å². The number of carbonyl (C=O) groups is 2. The molecule has 0 fully saturated rings. The summed E-state index contributed by atoms with van der Waals surface area (Å²) in [4.78, 5) is 26.4. The van der Waals surface area contributed by atoms with Crippen molar-refractivity contribution in [3.63, 3.8) is 0 Å². The van der Waals surface area contributed by atoms with E-state index in [0.717, 1.165) is 5.56 Å². The van der Waals surface area contributed by atoms with E-state index < -0.39 is 0 Å². The zero-order valence-electron chi connectivity index (χ0n) is 10.6. The first kappa shape index (κ1) is 13.4. The fourth-order valence-electron chi connectivity index (χ4n) is 1.79. The van der Waals surface area contributed by atoms with Crippen molar-refractivity contribution in [2.24, 2.45) is 0 Å². The van der Waals surface area contributed by atoms with Gasteiger partial charge in [0.05, 0.1) is 11.4 Å². The Morgan fingerprint density at radius 2 is 2.00 bits per heavy atom. The van der Waals surface area contributed by atoms with Crippen molar-refractivity contribution in [1.29, 1.82) is 0 Å². The van der Waals surface area contributed by atoms with Crippen molar-refractivity contribution in [2.75, 3.05) is 5.32 Å². The van der Waals surface area contributed by atoms with Crippen molar-refractivity contribution in [2.45, 2.75) is 13.8 Å². The number of ketones is 1. The van der Waals surface area contributed by atoms with Gasteiger partial charge in [0.1, 0.15) is 0 Å². The molecular formula is C14H13ClN2O2. The van der Waals surface area contributed by atoms with Gasteiger partial charge >= 0.3 is 0 Å². The number of nitrogens with one attached hydrogen (secondary N) is 2. The summed E-state index contributed by atoms with van der Waals surface area (Å²) in [5, 5.41) is 3.07. The highest BCUT2D eigenvalue weighted by molar-refractivity contribution is 6.31. The molecular weight excluding hydrogens is 264 g/mol. The van der Waals surface area contributed by atoms with Crippen LogP contribution in [0.5, 0.6) is 0 Å². The second-order valence-corrected chi connectivity index (χ2v) is 4.73. The van der Waals surface area contributed by atoms with Crippen molar-refractivity contribution < 1.29 is 9.59 Å². The Morgan fingerprint density at radius 3 is 2.58 bits per heavy atom. The lowest BCUT2D eigenvalue weighted by molar-refractivity contribution is -0.114. The highest BCUT2D eigenvalue weighted by atomic mass is 35.5. The van der Waals surface area contributed by atoms with Crippen LogP contribution in [0.2, 0.25) is 5.02 Å². The van der Waals surface area contributed by atoms with Crippen molar-refractivity contribution in [3.8, 4) is 0 Å². The molecule has 0 aliphatic rings. The molecule has 1 heterocycles. The third kappa shape index (κ3) is 3.03. The van der Waals surface area contributed by atoms with E-state index in [2.05, 4.69) is 10.3 Å². The normalized spacial score (nSPS) is 10.3. The molecule has 19 heavy (non-hydrogen) atoms. The largest absolute Gasteiger partial charge is 0.358 e. The number of carbonyl (C=O) groups excluding carboxylic acids is 2. The minimum absolute atomic E-state index is 0.187. The molecule has 2 rings (SSSR count). The van der Waals surface area contributed by atoms with Crippen LogP contribution in [0.1, 0.15) is 28.5 Å². The van der Waals surface area contributed by atoms with E-state index in [1.807, 2.05) is 6.92 Å². The van der Waals surface area contributed by atoms with E-state index >= 15 is 0 Å². The molecule has 0 bridgehead atoms. The van der Waals surface area contributed by atoms with Crippen molar-refractivity contribution in [1.82, 2.24) is 4.98 Å². The summed E-state index contributed by atoms with van der Waals surface area (Å²) in [6, 6.07) is 6.54. The van der Waals surface area contributed by atoms with Crippen LogP contribution in [0, 0.1) is 6.92 Å². The summed E-state index contributed by atoms with van der Waals surface area (Å²) in [6.07, 6.45) is 1.75. The fourth-order valence-corrected chi connectivity index (χ4v) is 1.96. The Morgan fingerprint density at radius 1 is 1.26 bits per heavy atom. The summed E-state index contributed by atoms with van der Waals surface area (Å²) in [5.74, 6) is -0.438.